The summed E-state index contributed by atoms with van der Waals surface area (Å²) in [6.45, 7) is 4.53. The molecular weight excluding hydrogens is 175 g/mol. The minimum atomic E-state index is -0.132. The Hall–Kier alpha value is -0.850. The van der Waals surface area contributed by atoms with Crippen molar-refractivity contribution in [3.8, 4) is 0 Å². The molecule has 0 saturated heterocycles. The van der Waals surface area contributed by atoms with E-state index in [-0.39, 0.29) is 5.82 Å². The van der Waals surface area contributed by atoms with E-state index in [1.807, 2.05) is 12.1 Å². The van der Waals surface area contributed by atoms with Crippen LogP contribution >= 0.6 is 0 Å². The molecular formula is C13H17F. The van der Waals surface area contributed by atoms with E-state index in [0.29, 0.717) is 11.3 Å². The highest BCUT2D eigenvalue weighted by molar-refractivity contribution is 5.29. The van der Waals surface area contributed by atoms with E-state index in [1.165, 1.54) is 24.8 Å². The van der Waals surface area contributed by atoms with Gasteiger partial charge in [-0.3, -0.25) is 0 Å². The Balaban J connectivity index is 2.32. The Bertz CT molecular complexity index is 307. The quantitative estimate of drug-likeness (QED) is 0.666. The molecule has 1 aromatic carbocycles. The third-order valence-corrected chi connectivity index (χ3v) is 3.77. The van der Waals surface area contributed by atoms with Gasteiger partial charge in [0.15, 0.2) is 0 Å². The van der Waals surface area contributed by atoms with Crippen LogP contribution in [0.5, 0.6) is 0 Å². The van der Waals surface area contributed by atoms with E-state index < -0.39 is 0 Å². The summed E-state index contributed by atoms with van der Waals surface area (Å²) in [5, 5.41) is 0. The largest absolute Gasteiger partial charge is 0.207 e. The summed E-state index contributed by atoms with van der Waals surface area (Å²) in [6, 6.07) is 7.07. The first kappa shape index (κ1) is 9.70. The number of hydrogen-bond donors (Lipinski definition) is 0. The van der Waals surface area contributed by atoms with Crippen LogP contribution in [0.3, 0.4) is 0 Å². The summed E-state index contributed by atoms with van der Waals surface area (Å²) in [6.07, 6.45) is 3.84. The van der Waals surface area contributed by atoms with Gasteiger partial charge >= 0.3 is 0 Å². The molecule has 0 atom stereocenters. The van der Waals surface area contributed by atoms with Crippen molar-refractivity contribution in [3.05, 3.63) is 35.6 Å². The fourth-order valence-electron chi connectivity index (χ4n) is 2.54. The molecule has 0 radical (unpaired) electrons. The third-order valence-electron chi connectivity index (χ3n) is 3.77. The van der Waals surface area contributed by atoms with E-state index in [1.54, 1.807) is 12.1 Å². The lowest BCUT2D eigenvalue weighted by Crippen LogP contribution is -2.39. The summed E-state index contributed by atoms with van der Waals surface area (Å²) in [5.41, 5.74) is 1.66. The average molecular weight is 192 g/mol. The fraction of sp³-hybridized carbons (Fsp3) is 0.538. The van der Waals surface area contributed by atoms with E-state index >= 15 is 0 Å². The molecule has 1 saturated carbocycles. The summed E-state index contributed by atoms with van der Waals surface area (Å²) in [5.74, 6) is 0.522. The van der Waals surface area contributed by atoms with Gasteiger partial charge in [0.25, 0.3) is 0 Å². The lowest BCUT2D eigenvalue weighted by molar-refractivity contribution is 0.169. The molecule has 0 aromatic heterocycles. The Morgan fingerprint density at radius 3 is 2.07 bits per heavy atom. The number of benzene rings is 1. The Morgan fingerprint density at radius 2 is 1.71 bits per heavy atom. The minimum absolute atomic E-state index is 0.132. The molecule has 0 spiro atoms. The maximum Gasteiger partial charge on any atom is 0.123 e. The highest BCUT2D eigenvalue weighted by atomic mass is 19.1. The molecule has 1 fully saturated rings. The Kier molecular flexibility index (Phi) is 2.34. The predicted molar refractivity (Wildman–Crippen MR) is 56.8 cm³/mol. The second kappa shape index (κ2) is 3.38. The summed E-state index contributed by atoms with van der Waals surface area (Å²) in [7, 11) is 0. The van der Waals surface area contributed by atoms with Crippen molar-refractivity contribution < 1.29 is 4.39 Å². The van der Waals surface area contributed by atoms with Gasteiger partial charge < -0.3 is 0 Å². The van der Waals surface area contributed by atoms with Gasteiger partial charge in [-0.25, -0.2) is 4.39 Å². The summed E-state index contributed by atoms with van der Waals surface area (Å²) < 4.78 is 12.8. The maximum atomic E-state index is 12.8. The zero-order chi connectivity index (χ0) is 10.2. The highest BCUT2D eigenvalue weighted by Crippen LogP contribution is 2.49. The first-order valence-corrected chi connectivity index (χ1v) is 5.41. The van der Waals surface area contributed by atoms with Crippen LogP contribution in [0.1, 0.15) is 38.7 Å². The van der Waals surface area contributed by atoms with Gasteiger partial charge in [-0.05, 0) is 41.9 Å². The van der Waals surface area contributed by atoms with Crippen molar-refractivity contribution in [2.45, 2.75) is 38.5 Å². The smallest absolute Gasteiger partial charge is 0.123 e. The van der Waals surface area contributed by atoms with Gasteiger partial charge in [0.2, 0.25) is 0 Å². The van der Waals surface area contributed by atoms with Crippen molar-refractivity contribution in [3.63, 3.8) is 0 Å². The standard InChI is InChI=1S/C13H17F/c1-10(2)13(8-3-9-13)11-4-6-12(14)7-5-11/h4-7,10H,3,8-9H2,1-2H3. The molecule has 0 aliphatic heterocycles. The summed E-state index contributed by atoms with van der Waals surface area (Å²) >= 11 is 0. The molecule has 1 aliphatic rings. The van der Waals surface area contributed by atoms with Crippen molar-refractivity contribution >= 4 is 0 Å². The van der Waals surface area contributed by atoms with Gasteiger partial charge in [-0.2, -0.15) is 0 Å². The van der Waals surface area contributed by atoms with Gasteiger partial charge in [0.05, 0.1) is 0 Å². The van der Waals surface area contributed by atoms with E-state index in [2.05, 4.69) is 13.8 Å². The second-order valence-corrected chi connectivity index (χ2v) is 4.67. The van der Waals surface area contributed by atoms with Crippen molar-refractivity contribution in [1.29, 1.82) is 0 Å². The van der Waals surface area contributed by atoms with Crippen LogP contribution in [0.25, 0.3) is 0 Å². The van der Waals surface area contributed by atoms with Crippen LogP contribution in [-0.4, -0.2) is 0 Å². The molecule has 76 valence electrons. The molecule has 14 heavy (non-hydrogen) atoms. The highest BCUT2D eigenvalue weighted by Gasteiger charge is 2.41. The molecule has 1 aromatic rings. The van der Waals surface area contributed by atoms with E-state index in [4.69, 9.17) is 0 Å². The number of rotatable bonds is 2. The average Bonchev–Trinajstić information content (AvgIpc) is 2.05. The number of hydrogen-bond acceptors (Lipinski definition) is 0. The lowest BCUT2D eigenvalue weighted by atomic mass is 9.58. The fourth-order valence-corrected chi connectivity index (χ4v) is 2.54. The molecule has 0 bridgehead atoms. The van der Waals surface area contributed by atoms with E-state index in [9.17, 15) is 4.39 Å². The second-order valence-electron chi connectivity index (χ2n) is 4.67. The van der Waals surface area contributed by atoms with Crippen molar-refractivity contribution in [2.75, 3.05) is 0 Å². The van der Waals surface area contributed by atoms with Crippen molar-refractivity contribution in [2.24, 2.45) is 5.92 Å². The Morgan fingerprint density at radius 1 is 1.14 bits per heavy atom. The first-order valence-electron chi connectivity index (χ1n) is 5.41. The van der Waals surface area contributed by atoms with Crippen LogP contribution in [0, 0.1) is 11.7 Å². The van der Waals surface area contributed by atoms with Crippen LogP contribution in [-0.2, 0) is 5.41 Å². The molecule has 0 unspecified atom stereocenters. The lowest BCUT2D eigenvalue weighted by Gasteiger charge is -2.46. The van der Waals surface area contributed by atoms with Crippen LogP contribution in [0.2, 0.25) is 0 Å². The molecule has 0 amide bonds. The van der Waals surface area contributed by atoms with Crippen LogP contribution < -0.4 is 0 Å². The molecule has 0 nitrogen and oxygen atoms in total. The van der Waals surface area contributed by atoms with Gasteiger partial charge in [0.1, 0.15) is 5.82 Å². The maximum absolute atomic E-state index is 12.8. The normalized spacial score (nSPS) is 19.4. The Labute approximate surface area is 85.1 Å². The summed E-state index contributed by atoms with van der Waals surface area (Å²) in [4.78, 5) is 0. The molecule has 0 heterocycles. The third kappa shape index (κ3) is 1.35. The SMILES string of the molecule is CC(C)C1(c2ccc(F)cc2)CCC1. The molecule has 1 heteroatoms. The topological polar surface area (TPSA) is 0 Å². The monoisotopic (exact) mass is 192 g/mol. The first-order chi connectivity index (χ1) is 6.65. The number of halogens is 1. The van der Waals surface area contributed by atoms with Gasteiger partial charge in [-0.1, -0.05) is 32.4 Å². The van der Waals surface area contributed by atoms with Gasteiger partial charge in [-0.15, -0.1) is 0 Å². The van der Waals surface area contributed by atoms with Crippen molar-refractivity contribution in [1.82, 2.24) is 0 Å². The zero-order valence-electron chi connectivity index (χ0n) is 8.89. The predicted octanol–water partition coefficient (Wildman–Crippen LogP) is 3.90. The molecule has 0 N–H and O–H groups in total. The molecule has 2 rings (SSSR count). The van der Waals surface area contributed by atoms with Crippen LogP contribution in [0.4, 0.5) is 4.39 Å². The molecule has 1 aliphatic carbocycles. The van der Waals surface area contributed by atoms with Crippen LogP contribution in [0.15, 0.2) is 24.3 Å². The zero-order valence-corrected chi connectivity index (χ0v) is 8.89. The van der Waals surface area contributed by atoms with E-state index in [0.717, 1.165) is 0 Å². The minimum Gasteiger partial charge on any atom is -0.207 e. The van der Waals surface area contributed by atoms with Gasteiger partial charge in [0, 0.05) is 0 Å².